The van der Waals surface area contributed by atoms with Crippen molar-refractivity contribution in [2.24, 2.45) is 5.73 Å². The summed E-state index contributed by atoms with van der Waals surface area (Å²) in [6.45, 7) is 4.14. The van der Waals surface area contributed by atoms with E-state index in [-0.39, 0.29) is 11.3 Å². The number of aryl methyl sites for hydroxylation is 1. The van der Waals surface area contributed by atoms with Crippen molar-refractivity contribution in [2.75, 3.05) is 0 Å². The first-order valence-electron chi connectivity index (χ1n) is 6.31. The molecule has 2 atom stereocenters. The molecule has 0 saturated carbocycles. The van der Waals surface area contributed by atoms with Crippen LogP contribution in [0.1, 0.15) is 23.3 Å². The van der Waals surface area contributed by atoms with Gasteiger partial charge in [0.1, 0.15) is 0 Å². The van der Waals surface area contributed by atoms with Crippen molar-refractivity contribution in [3.05, 3.63) is 64.7 Å². The molecule has 3 heteroatoms. The van der Waals surface area contributed by atoms with E-state index in [0.717, 1.165) is 9.92 Å². The van der Waals surface area contributed by atoms with Gasteiger partial charge in [-0.05, 0) is 31.5 Å². The molecule has 100 valence electrons. The van der Waals surface area contributed by atoms with Gasteiger partial charge in [-0.1, -0.05) is 53.6 Å². The van der Waals surface area contributed by atoms with Gasteiger partial charge in [-0.15, -0.1) is 11.8 Å². The van der Waals surface area contributed by atoms with Crippen LogP contribution in [0.2, 0.25) is 5.02 Å². The first-order valence-corrected chi connectivity index (χ1v) is 7.57. The quantitative estimate of drug-likeness (QED) is 0.817. The van der Waals surface area contributed by atoms with Crippen molar-refractivity contribution in [1.82, 2.24) is 0 Å². The van der Waals surface area contributed by atoms with Gasteiger partial charge in [0.25, 0.3) is 0 Å². The zero-order valence-electron chi connectivity index (χ0n) is 11.1. The highest BCUT2D eigenvalue weighted by atomic mass is 35.5. The van der Waals surface area contributed by atoms with Gasteiger partial charge in [-0.2, -0.15) is 0 Å². The maximum Gasteiger partial charge on any atom is 0.0542 e. The maximum absolute atomic E-state index is 6.23. The van der Waals surface area contributed by atoms with E-state index in [9.17, 15) is 0 Å². The third-order valence-electron chi connectivity index (χ3n) is 2.94. The highest BCUT2D eigenvalue weighted by molar-refractivity contribution is 7.99. The fourth-order valence-corrected chi connectivity index (χ4v) is 3.38. The van der Waals surface area contributed by atoms with Crippen molar-refractivity contribution in [2.45, 2.75) is 30.0 Å². The molecule has 0 aliphatic rings. The first-order chi connectivity index (χ1) is 9.08. The molecule has 0 aromatic heterocycles. The lowest BCUT2D eigenvalue weighted by Crippen LogP contribution is -2.22. The van der Waals surface area contributed by atoms with Crippen molar-refractivity contribution in [3.8, 4) is 0 Å². The molecule has 2 aromatic carbocycles. The Morgan fingerprint density at radius 1 is 1.11 bits per heavy atom. The maximum atomic E-state index is 6.23. The van der Waals surface area contributed by atoms with Crippen molar-refractivity contribution >= 4 is 23.4 Å². The molecule has 0 saturated heterocycles. The normalized spacial score (nSPS) is 14.1. The second-order valence-electron chi connectivity index (χ2n) is 4.74. The Bertz CT molecular complexity index is 554. The molecule has 2 N–H and O–H groups in total. The smallest absolute Gasteiger partial charge is 0.0542 e. The van der Waals surface area contributed by atoms with Crippen molar-refractivity contribution in [3.63, 3.8) is 0 Å². The topological polar surface area (TPSA) is 26.0 Å². The molecule has 0 aliphatic carbocycles. The van der Waals surface area contributed by atoms with E-state index in [0.29, 0.717) is 0 Å². The number of thioether (sulfide) groups is 1. The second kappa shape index (κ2) is 6.47. The molecule has 19 heavy (non-hydrogen) atoms. The standard InChI is InChI=1S/C16H18ClNS/c1-11-6-5-7-13(10-11)16(12(2)18)19-15-9-4-3-8-14(15)17/h3-10,12,16H,18H2,1-2H3. The zero-order valence-corrected chi connectivity index (χ0v) is 12.7. The van der Waals surface area contributed by atoms with Crippen molar-refractivity contribution in [1.29, 1.82) is 0 Å². The number of halogens is 1. The third kappa shape index (κ3) is 3.75. The first kappa shape index (κ1) is 14.4. The van der Waals surface area contributed by atoms with Crippen LogP contribution >= 0.6 is 23.4 Å². The summed E-state index contributed by atoms with van der Waals surface area (Å²) in [6, 6.07) is 16.5. The highest BCUT2D eigenvalue weighted by Crippen LogP contribution is 2.40. The van der Waals surface area contributed by atoms with Crippen LogP contribution in [0.25, 0.3) is 0 Å². The van der Waals surface area contributed by atoms with Crippen molar-refractivity contribution < 1.29 is 0 Å². The lowest BCUT2D eigenvalue weighted by Gasteiger charge is -2.21. The molecule has 0 radical (unpaired) electrons. The number of nitrogens with two attached hydrogens (primary N) is 1. The Morgan fingerprint density at radius 2 is 1.84 bits per heavy atom. The van der Waals surface area contributed by atoms with Crippen LogP contribution < -0.4 is 5.73 Å². The van der Waals surface area contributed by atoms with Gasteiger partial charge in [-0.3, -0.25) is 0 Å². The summed E-state index contributed by atoms with van der Waals surface area (Å²) in [6.07, 6.45) is 0. The van der Waals surface area contributed by atoms with Gasteiger partial charge in [0, 0.05) is 16.2 Å². The fraction of sp³-hybridized carbons (Fsp3) is 0.250. The Kier molecular flexibility index (Phi) is 4.92. The third-order valence-corrected chi connectivity index (χ3v) is 4.95. The molecule has 2 unspecified atom stereocenters. The predicted molar refractivity (Wildman–Crippen MR) is 84.9 cm³/mol. The number of benzene rings is 2. The van der Waals surface area contributed by atoms with Gasteiger partial charge in [0.2, 0.25) is 0 Å². The molecule has 0 amide bonds. The highest BCUT2D eigenvalue weighted by Gasteiger charge is 2.18. The molecule has 1 nitrogen and oxygen atoms in total. The summed E-state index contributed by atoms with van der Waals surface area (Å²) in [4.78, 5) is 1.08. The minimum Gasteiger partial charge on any atom is -0.327 e. The Morgan fingerprint density at radius 3 is 2.47 bits per heavy atom. The van der Waals surface area contributed by atoms with Gasteiger partial charge in [0.05, 0.1) is 5.02 Å². The van der Waals surface area contributed by atoms with Crippen LogP contribution in [-0.4, -0.2) is 6.04 Å². The number of hydrogen-bond donors (Lipinski definition) is 1. The Balaban J connectivity index is 2.29. The zero-order chi connectivity index (χ0) is 13.8. The molecule has 0 spiro atoms. The summed E-state index contributed by atoms with van der Waals surface area (Å²) in [5.41, 5.74) is 8.66. The number of hydrogen-bond acceptors (Lipinski definition) is 2. The average molecular weight is 292 g/mol. The Labute approximate surface area is 124 Å². The SMILES string of the molecule is Cc1cccc(C(Sc2ccccc2Cl)C(C)N)c1. The van der Waals surface area contributed by atoms with Gasteiger partial charge in [0.15, 0.2) is 0 Å². The summed E-state index contributed by atoms with van der Waals surface area (Å²) in [5.74, 6) is 0. The summed E-state index contributed by atoms with van der Waals surface area (Å²) in [7, 11) is 0. The molecule has 0 aliphatic heterocycles. The van der Waals surface area contributed by atoms with E-state index >= 15 is 0 Å². The summed E-state index contributed by atoms with van der Waals surface area (Å²) < 4.78 is 0. The second-order valence-corrected chi connectivity index (χ2v) is 6.33. The molecular formula is C16H18ClNS. The van der Waals surface area contributed by atoms with Crippen LogP contribution in [-0.2, 0) is 0 Å². The lowest BCUT2D eigenvalue weighted by atomic mass is 10.0. The van der Waals surface area contributed by atoms with Crippen LogP contribution in [0, 0.1) is 6.92 Å². The monoisotopic (exact) mass is 291 g/mol. The van der Waals surface area contributed by atoms with E-state index in [4.69, 9.17) is 17.3 Å². The molecule has 0 heterocycles. The van der Waals surface area contributed by atoms with E-state index in [1.807, 2.05) is 31.2 Å². The summed E-state index contributed by atoms with van der Waals surface area (Å²) >= 11 is 7.96. The lowest BCUT2D eigenvalue weighted by molar-refractivity contribution is 0.721. The molecule has 2 rings (SSSR count). The van der Waals surface area contributed by atoms with E-state index in [1.54, 1.807) is 11.8 Å². The minimum absolute atomic E-state index is 0.0584. The predicted octanol–water partition coefficient (Wildman–Crippen LogP) is 4.83. The fourth-order valence-electron chi connectivity index (χ4n) is 2.00. The van der Waals surface area contributed by atoms with E-state index in [2.05, 4.69) is 31.2 Å². The largest absolute Gasteiger partial charge is 0.327 e. The molecule has 0 bridgehead atoms. The van der Waals surface area contributed by atoms with Gasteiger partial charge >= 0.3 is 0 Å². The Hall–Kier alpha value is -0.960. The van der Waals surface area contributed by atoms with Crippen LogP contribution in [0.3, 0.4) is 0 Å². The van der Waals surface area contributed by atoms with Gasteiger partial charge in [-0.25, -0.2) is 0 Å². The van der Waals surface area contributed by atoms with E-state index < -0.39 is 0 Å². The molecule has 2 aromatic rings. The average Bonchev–Trinajstić information content (AvgIpc) is 2.37. The summed E-state index contributed by atoms with van der Waals surface area (Å²) in [5, 5.41) is 0.991. The van der Waals surface area contributed by atoms with Crippen LogP contribution in [0.4, 0.5) is 0 Å². The number of rotatable bonds is 4. The molecular weight excluding hydrogens is 274 g/mol. The van der Waals surface area contributed by atoms with Crippen LogP contribution in [0.15, 0.2) is 53.4 Å². The van der Waals surface area contributed by atoms with Crippen LogP contribution in [0.5, 0.6) is 0 Å². The molecule has 0 fully saturated rings. The minimum atomic E-state index is 0.0584. The van der Waals surface area contributed by atoms with E-state index in [1.165, 1.54) is 11.1 Å². The van der Waals surface area contributed by atoms with Gasteiger partial charge < -0.3 is 5.73 Å².